The first-order valence-corrected chi connectivity index (χ1v) is 11.2. The minimum atomic E-state index is -0.258. The van der Waals surface area contributed by atoms with Gasteiger partial charge < -0.3 is 15.6 Å². The predicted molar refractivity (Wildman–Crippen MR) is 136 cm³/mol. The van der Waals surface area contributed by atoms with Gasteiger partial charge in [-0.05, 0) is 61.5 Å². The van der Waals surface area contributed by atoms with Gasteiger partial charge in [-0.15, -0.1) is 0 Å². The molecule has 1 amide bonds. The number of aryl methyl sites for hydroxylation is 1. The van der Waals surface area contributed by atoms with Crippen molar-refractivity contribution in [1.29, 1.82) is 0 Å². The molecule has 0 aliphatic rings. The van der Waals surface area contributed by atoms with E-state index < -0.39 is 0 Å². The number of carbonyl (C=O) groups excluding carboxylic acids is 1. The Hall–Kier alpha value is -4.16. The molecule has 0 aliphatic heterocycles. The van der Waals surface area contributed by atoms with Gasteiger partial charge in [0.15, 0.2) is 0 Å². The predicted octanol–water partition coefficient (Wildman–Crippen LogP) is 6.37. The van der Waals surface area contributed by atoms with Crippen molar-refractivity contribution in [3.8, 4) is 0 Å². The smallest absolute Gasteiger partial charge is 0.257 e. The van der Waals surface area contributed by atoms with Crippen LogP contribution in [0, 0.1) is 6.92 Å². The quantitative estimate of drug-likeness (QED) is 0.271. The maximum absolute atomic E-state index is 12.8. The molecule has 0 saturated heterocycles. The first-order valence-electron chi connectivity index (χ1n) is 10.9. The highest BCUT2D eigenvalue weighted by atomic mass is 35.5. The Morgan fingerprint density at radius 3 is 2.44 bits per heavy atom. The van der Waals surface area contributed by atoms with Crippen LogP contribution in [0.2, 0.25) is 5.02 Å². The zero-order valence-electron chi connectivity index (χ0n) is 18.4. The van der Waals surface area contributed by atoms with Crippen LogP contribution in [0.15, 0.2) is 91.3 Å². The lowest BCUT2D eigenvalue weighted by Gasteiger charge is -2.20. The van der Waals surface area contributed by atoms with Gasteiger partial charge in [0.05, 0.1) is 22.3 Å². The van der Waals surface area contributed by atoms with Crippen LogP contribution < -0.4 is 10.6 Å². The highest BCUT2D eigenvalue weighted by Gasteiger charge is 2.23. The maximum Gasteiger partial charge on any atom is 0.257 e. The molecular formula is C27H22ClN5O. The van der Waals surface area contributed by atoms with Gasteiger partial charge in [0.1, 0.15) is 5.82 Å². The number of benzene rings is 2. The number of carbonyl (C=O) groups is 1. The van der Waals surface area contributed by atoms with Crippen LogP contribution in [0.4, 0.5) is 11.5 Å². The number of hydrogen-bond donors (Lipinski definition) is 3. The summed E-state index contributed by atoms with van der Waals surface area (Å²) in [6.45, 7) is 2.04. The lowest BCUT2D eigenvalue weighted by Crippen LogP contribution is -2.15. The number of anilines is 2. The number of rotatable bonds is 6. The van der Waals surface area contributed by atoms with Gasteiger partial charge in [-0.3, -0.25) is 9.78 Å². The number of nitrogens with one attached hydrogen (secondary N) is 3. The Kier molecular flexibility index (Phi) is 5.97. The molecule has 0 saturated carbocycles. The van der Waals surface area contributed by atoms with Gasteiger partial charge in [0, 0.05) is 40.2 Å². The maximum atomic E-state index is 12.8. The summed E-state index contributed by atoms with van der Waals surface area (Å²) in [5.74, 6) is 0.488. The van der Waals surface area contributed by atoms with Crippen molar-refractivity contribution < 1.29 is 4.79 Å². The Labute approximate surface area is 202 Å². The minimum Gasteiger partial charge on any atom is -0.358 e. The molecule has 3 aromatic heterocycles. The van der Waals surface area contributed by atoms with Crippen LogP contribution >= 0.6 is 11.6 Å². The lowest BCUT2D eigenvalue weighted by atomic mass is 9.99. The Balaban J connectivity index is 1.56. The van der Waals surface area contributed by atoms with Gasteiger partial charge in [-0.2, -0.15) is 0 Å². The molecular weight excluding hydrogens is 446 g/mol. The van der Waals surface area contributed by atoms with E-state index in [2.05, 4.69) is 25.6 Å². The summed E-state index contributed by atoms with van der Waals surface area (Å²) in [6, 6.07) is 24.1. The summed E-state index contributed by atoms with van der Waals surface area (Å²) < 4.78 is 0. The number of H-pyrrole nitrogens is 1. The zero-order valence-corrected chi connectivity index (χ0v) is 19.2. The van der Waals surface area contributed by atoms with Crippen molar-refractivity contribution >= 4 is 39.9 Å². The van der Waals surface area contributed by atoms with Crippen molar-refractivity contribution in [1.82, 2.24) is 15.0 Å². The number of nitrogens with zero attached hydrogens (tertiary/aromatic N) is 2. The van der Waals surface area contributed by atoms with E-state index in [1.165, 1.54) is 0 Å². The molecule has 0 aliphatic carbocycles. The number of amides is 1. The van der Waals surface area contributed by atoms with E-state index in [1.807, 2.05) is 61.5 Å². The van der Waals surface area contributed by atoms with Crippen molar-refractivity contribution in [2.45, 2.75) is 13.0 Å². The summed E-state index contributed by atoms with van der Waals surface area (Å²) in [5.41, 5.74) is 4.97. The van der Waals surface area contributed by atoms with Crippen LogP contribution in [-0.4, -0.2) is 20.9 Å². The van der Waals surface area contributed by atoms with E-state index in [9.17, 15) is 4.79 Å². The van der Waals surface area contributed by atoms with E-state index in [4.69, 9.17) is 11.6 Å². The average molecular weight is 468 g/mol. The van der Waals surface area contributed by atoms with E-state index in [-0.39, 0.29) is 11.9 Å². The number of pyridine rings is 2. The minimum absolute atomic E-state index is 0.251. The van der Waals surface area contributed by atoms with Gasteiger partial charge in [-0.25, -0.2) is 4.98 Å². The second-order valence-electron chi connectivity index (χ2n) is 7.90. The molecule has 1 atom stereocenters. The lowest BCUT2D eigenvalue weighted by molar-refractivity contribution is 0.102. The third kappa shape index (κ3) is 4.36. The fourth-order valence-electron chi connectivity index (χ4n) is 4.08. The molecule has 0 radical (unpaired) electrons. The number of hydrogen-bond acceptors (Lipinski definition) is 4. The van der Waals surface area contributed by atoms with Gasteiger partial charge in [-0.1, -0.05) is 35.9 Å². The molecule has 1 unspecified atom stereocenters. The third-order valence-corrected chi connectivity index (χ3v) is 5.97. The molecule has 0 spiro atoms. The Morgan fingerprint density at radius 1 is 0.941 bits per heavy atom. The third-order valence-electron chi connectivity index (χ3n) is 5.64. The fraction of sp³-hybridized carbons (Fsp3) is 0.0741. The molecule has 0 fully saturated rings. The summed E-state index contributed by atoms with van der Waals surface area (Å²) >= 11 is 6.21. The topological polar surface area (TPSA) is 82.7 Å². The molecule has 6 nitrogen and oxygen atoms in total. The number of aromatic amines is 1. The molecule has 2 aromatic carbocycles. The first kappa shape index (κ1) is 21.7. The second-order valence-corrected chi connectivity index (χ2v) is 8.31. The van der Waals surface area contributed by atoms with Crippen molar-refractivity contribution in [2.24, 2.45) is 0 Å². The number of fused-ring (bicyclic) bond motifs is 1. The number of halogens is 1. The highest BCUT2D eigenvalue weighted by molar-refractivity contribution is 6.34. The molecule has 168 valence electrons. The zero-order chi connectivity index (χ0) is 23.5. The van der Waals surface area contributed by atoms with Crippen molar-refractivity contribution in [3.05, 3.63) is 119 Å². The van der Waals surface area contributed by atoms with Crippen LogP contribution in [-0.2, 0) is 0 Å². The van der Waals surface area contributed by atoms with Crippen LogP contribution in [0.3, 0.4) is 0 Å². The van der Waals surface area contributed by atoms with Crippen LogP contribution in [0.5, 0.6) is 0 Å². The normalized spacial score (nSPS) is 11.8. The summed E-state index contributed by atoms with van der Waals surface area (Å²) in [6.07, 6.45) is 3.53. The SMILES string of the molecule is Cc1[nH]c2ccc(NC(=O)c3ccccc3Cl)cc2c1C(Nc1ccccn1)c1ccccn1. The summed E-state index contributed by atoms with van der Waals surface area (Å²) in [5, 5.41) is 7.89. The summed E-state index contributed by atoms with van der Waals surface area (Å²) in [7, 11) is 0. The van der Waals surface area contributed by atoms with E-state index in [0.717, 1.165) is 33.7 Å². The molecule has 5 aromatic rings. The van der Waals surface area contributed by atoms with E-state index >= 15 is 0 Å². The van der Waals surface area contributed by atoms with Crippen LogP contribution in [0.25, 0.3) is 10.9 Å². The molecule has 34 heavy (non-hydrogen) atoms. The molecule has 3 N–H and O–H groups in total. The fourth-order valence-corrected chi connectivity index (χ4v) is 4.30. The summed E-state index contributed by atoms with van der Waals surface area (Å²) in [4.78, 5) is 25.3. The van der Waals surface area contributed by atoms with Crippen molar-refractivity contribution in [2.75, 3.05) is 10.6 Å². The molecule has 0 bridgehead atoms. The van der Waals surface area contributed by atoms with Gasteiger partial charge in [0.2, 0.25) is 0 Å². The van der Waals surface area contributed by atoms with Crippen molar-refractivity contribution in [3.63, 3.8) is 0 Å². The molecule has 5 rings (SSSR count). The molecule has 3 heterocycles. The van der Waals surface area contributed by atoms with Gasteiger partial charge in [0.25, 0.3) is 5.91 Å². The standard InChI is InChI=1S/C27H22ClN5O/c1-17-25(26(23-10-4-6-14-29-23)33-24-11-5-7-15-30-24)20-16-18(12-13-22(20)31-17)32-27(34)19-8-2-3-9-21(19)28/h2-16,26,31H,1H3,(H,30,33)(H,32,34). The van der Waals surface area contributed by atoms with E-state index in [1.54, 1.807) is 36.7 Å². The average Bonchev–Trinajstić information content (AvgIpc) is 3.19. The first-order chi connectivity index (χ1) is 16.6. The molecule has 7 heteroatoms. The Morgan fingerprint density at radius 2 is 1.71 bits per heavy atom. The largest absolute Gasteiger partial charge is 0.358 e. The Bertz CT molecular complexity index is 1450. The van der Waals surface area contributed by atoms with Gasteiger partial charge >= 0.3 is 0 Å². The second kappa shape index (κ2) is 9.37. The monoisotopic (exact) mass is 467 g/mol. The van der Waals surface area contributed by atoms with Crippen LogP contribution in [0.1, 0.15) is 33.4 Å². The highest BCUT2D eigenvalue weighted by Crippen LogP contribution is 2.35. The number of aromatic nitrogens is 3. The van der Waals surface area contributed by atoms with E-state index in [0.29, 0.717) is 16.3 Å².